The summed E-state index contributed by atoms with van der Waals surface area (Å²) in [6, 6.07) is 14.9. The third kappa shape index (κ3) is 3.04. The van der Waals surface area contributed by atoms with Crippen molar-refractivity contribution < 1.29 is 0 Å². The molecule has 5 heteroatoms. The Morgan fingerprint density at radius 1 is 0.810 bits per heavy atom. The average molecular weight is 316 g/mol. The second-order valence-electron chi connectivity index (χ2n) is 4.54. The van der Waals surface area contributed by atoms with Gasteiger partial charge in [-0.1, -0.05) is 47.5 Å². The van der Waals surface area contributed by atoms with E-state index in [1.54, 1.807) is 6.07 Å². The lowest BCUT2D eigenvalue weighted by molar-refractivity contribution is 1.12. The monoisotopic (exact) mass is 315 g/mol. The summed E-state index contributed by atoms with van der Waals surface area (Å²) < 4.78 is 0. The summed E-state index contributed by atoms with van der Waals surface area (Å²) in [4.78, 5) is 13.2. The third-order valence-corrected chi connectivity index (χ3v) is 3.49. The molecule has 0 fully saturated rings. The van der Waals surface area contributed by atoms with Crippen molar-refractivity contribution in [2.24, 2.45) is 0 Å². The largest absolute Gasteiger partial charge is 0.250 e. The Kier molecular flexibility index (Phi) is 3.86. The number of rotatable bonds is 2. The molecule has 1 aromatic carbocycles. The van der Waals surface area contributed by atoms with Gasteiger partial charge in [0.15, 0.2) is 5.82 Å². The first-order valence-corrected chi connectivity index (χ1v) is 7.12. The Labute approximate surface area is 132 Å². The number of nitrogens with zero attached hydrogens (tertiary/aromatic N) is 3. The molecule has 0 saturated heterocycles. The predicted molar refractivity (Wildman–Crippen MR) is 85.5 cm³/mol. The van der Waals surface area contributed by atoms with Gasteiger partial charge in [0.1, 0.15) is 10.8 Å². The third-order valence-electron chi connectivity index (χ3n) is 2.96. The van der Waals surface area contributed by atoms with Crippen LogP contribution in [0.3, 0.4) is 0 Å². The first-order chi connectivity index (χ1) is 10.1. The zero-order chi connectivity index (χ0) is 14.8. The van der Waals surface area contributed by atoms with Gasteiger partial charge < -0.3 is 0 Å². The minimum atomic E-state index is 0.359. The van der Waals surface area contributed by atoms with E-state index in [4.69, 9.17) is 23.2 Å². The van der Waals surface area contributed by atoms with Crippen LogP contribution in [0.25, 0.3) is 22.8 Å². The molecule has 0 spiro atoms. The smallest absolute Gasteiger partial charge is 0.180 e. The van der Waals surface area contributed by atoms with Crippen LogP contribution >= 0.6 is 23.2 Å². The molecule has 3 aromatic rings. The van der Waals surface area contributed by atoms with Crippen LogP contribution in [0.5, 0.6) is 0 Å². The number of halogens is 2. The summed E-state index contributed by atoms with van der Waals surface area (Å²) in [7, 11) is 0. The minimum absolute atomic E-state index is 0.359. The van der Waals surface area contributed by atoms with Gasteiger partial charge in [0.2, 0.25) is 0 Å². The van der Waals surface area contributed by atoms with Crippen molar-refractivity contribution in [3.63, 3.8) is 0 Å². The topological polar surface area (TPSA) is 38.7 Å². The number of hydrogen-bond acceptors (Lipinski definition) is 3. The zero-order valence-electron chi connectivity index (χ0n) is 11.2. The Hall–Kier alpha value is -1.97. The van der Waals surface area contributed by atoms with Gasteiger partial charge >= 0.3 is 0 Å². The van der Waals surface area contributed by atoms with E-state index in [2.05, 4.69) is 15.0 Å². The highest BCUT2D eigenvalue weighted by Gasteiger charge is 2.10. The van der Waals surface area contributed by atoms with E-state index in [0.29, 0.717) is 27.4 Å². The quantitative estimate of drug-likeness (QED) is 0.636. The van der Waals surface area contributed by atoms with E-state index >= 15 is 0 Å². The maximum Gasteiger partial charge on any atom is 0.180 e. The molecule has 0 N–H and O–H groups in total. The fourth-order valence-corrected chi connectivity index (χ4v) is 2.42. The molecule has 0 saturated carbocycles. The maximum atomic E-state index is 6.22. The second-order valence-corrected chi connectivity index (χ2v) is 5.34. The van der Waals surface area contributed by atoms with Gasteiger partial charge in [-0.15, -0.1) is 0 Å². The highest BCUT2D eigenvalue weighted by atomic mass is 35.5. The molecule has 0 bridgehead atoms. The summed E-state index contributed by atoms with van der Waals surface area (Å²) in [5, 5.41) is 0.980. The molecule has 0 aliphatic rings. The minimum Gasteiger partial charge on any atom is -0.250 e. The van der Waals surface area contributed by atoms with Crippen LogP contribution in [0.2, 0.25) is 10.2 Å². The molecule has 2 aromatic heterocycles. The summed E-state index contributed by atoms with van der Waals surface area (Å²) in [5.74, 6) is 0.487. The Bertz CT molecular complexity index is 803. The van der Waals surface area contributed by atoms with E-state index < -0.39 is 0 Å². The van der Waals surface area contributed by atoms with E-state index in [0.717, 1.165) is 11.3 Å². The molecular weight excluding hydrogens is 305 g/mol. The van der Waals surface area contributed by atoms with E-state index in [1.807, 2.05) is 49.4 Å². The van der Waals surface area contributed by atoms with E-state index in [9.17, 15) is 0 Å². The van der Waals surface area contributed by atoms with Gasteiger partial charge in [0.05, 0.1) is 5.69 Å². The van der Waals surface area contributed by atoms with Crippen LogP contribution in [0.1, 0.15) is 5.69 Å². The molecule has 3 nitrogen and oxygen atoms in total. The molecule has 0 aliphatic heterocycles. The van der Waals surface area contributed by atoms with Crippen molar-refractivity contribution in [3.05, 3.63) is 64.4 Å². The molecule has 0 unspecified atom stereocenters. The van der Waals surface area contributed by atoms with Gasteiger partial charge in [-0.2, -0.15) is 0 Å². The SMILES string of the molecule is Cc1cccc(-c2nc(Cl)cc(-c3ccccc3Cl)n2)n1. The van der Waals surface area contributed by atoms with Gasteiger partial charge in [0.25, 0.3) is 0 Å². The molecule has 2 heterocycles. The molecule has 0 atom stereocenters. The number of benzene rings is 1. The molecule has 21 heavy (non-hydrogen) atoms. The Morgan fingerprint density at radius 2 is 1.62 bits per heavy atom. The van der Waals surface area contributed by atoms with Crippen molar-refractivity contribution in [3.8, 4) is 22.8 Å². The number of aromatic nitrogens is 3. The predicted octanol–water partition coefficient (Wildman–Crippen LogP) is 4.82. The summed E-state index contributed by atoms with van der Waals surface area (Å²) in [6.45, 7) is 1.92. The maximum absolute atomic E-state index is 6.22. The fraction of sp³-hybridized carbons (Fsp3) is 0.0625. The van der Waals surface area contributed by atoms with Crippen LogP contribution in [-0.2, 0) is 0 Å². The van der Waals surface area contributed by atoms with Gasteiger partial charge in [0, 0.05) is 22.3 Å². The number of aryl methyl sites for hydroxylation is 1. The summed E-state index contributed by atoms with van der Waals surface area (Å²) in [6.07, 6.45) is 0. The summed E-state index contributed by atoms with van der Waals surface area (Å²) >= 11 is 12.3. The van der Waals surface area contributed by atoms with E-state index in [-0.39, 0.29) is 0 Å². The van der Waals surface area contributed by atoms with Crippen LogP contribution in [0, 0.1) is 6.92 Å². The molecule has 0 amide bonds. The standard InChI is InChI=1S/C16H11Cl2N3/c1-10-5-4-8-13(19-10)16-20-14(9-15(18)21-16)11-6-2-3-7-12(11)17/h2-9H,1H3. The summed E-state index contributed by atoms with van der Waals surface area (Å²) in [5.41, 5.74) is 3.08. The van der Waals surface area contributed by atoms with Crippen molar-refractivity contribution in [1.29, 1.82) is 0 Å². The lowest BCUT2D eigenvalue weighted by Crippen LogP contribution is -1.96. The van der Waals surface area contributed by atoms with Crippen LogP contribution in [0.4, 0.5) is 0 Å². The van der Waals surface area contributed by atoms with Gasteiger partial charge in [-0.25, -0.2) is 15.0 Å². The van der Waals surface area contributed by atoms with Crippen molar-refractivity contribution >= 4 is 23.2 Å². The zero-order valence-corrected chi connectivity index (χ0v) is 12.7. The van der Waals surface area contributed by atoms with Crippen molar-refractivity contribution in [2.45, 2.75) is 6.92 Å². The molecule has 0 aliphatic carbocycles. The van der Waals surface area contributed by atoms with Crippen LogP contribution in [-0.4, -0.2) is 15.0 Å². The Morgan fingerprint density at radius 3 is 2.38 bits per heavy atom. The number of pyridine rings is 1. The van der Waals surface area contributed by atoms with Gasteiger partial charge in [-0.05, 0) is 25.1 Å². The highest BCUT2D eigenvalue weighted by molar-refractivity contribution is 6.33. The van der Waals surface area contributed by atoms with Crippen LogP contribution in [0.15, 0.2) is 48.5 Å². The lowest BCUT2D eigenvalue weighted by atomic mass is 10.1. The molecule has 0 radical (unpaired) electrons. The van der Waals surface area contributed by atoms with Gasteiger partial charge in [-0.3, -0.25) is 0 Å². The Balaban J connectivity index is 2.15. The molecule has 104 valence electrons. The second kappa shape index (κ2) is 5.80. The van der Waals surface area contributed by atoms with E-state index in [1.165, 1.54) is 0 Å². The molecular formula is C16H11Cl2N3. The van der Waals surface area contributed by atoms with Crippen molar-refractivity contribution in [2.75, 3.05) is 0 Å². The van der Waals surface area contributed by atoms with Crippen molar-refractivity contribution in [1.82, 2.24) is 15.0 Å². The first-order valence-electron chi connectivity index (χ1n) is 6.37. The highest BCUT2D eigenvalue weighted by Crippen LogP contribution is 2.28. The normalized spacial score (nSPS) is 10.6. The number of hydrogen-bond donors (Lipinski definition) is 0. The fourth-order valence-electron chi connectivity index (χ4n) is 2.01. The average Bonchev–Trinajstić information content (AvgIpc) is 2.47. The first kappa shape index (κ1) is 14.0. The van der Waals surface area contributed by atoms with Crippen LogP contribution < -0.4 is 0 Å². The lowest BCUT2D eigenvalue weighted by Gasteiger charge is -2.07. The molecule has 3 rings (SSSR count).